The highest BCUT2D eigenvalue weighted by molar-refractivity contribution is 5.98. The first kappa shape index (κ1) is 21.0. The van der Waals surface area contributed by atoms with Crippen LogP contribution in [0.1, 0.15) is 67.8 Å². The van der Waals surface area contributed by atoms with E-state index in [0.29, 0.717) is 12.8 Å². The maximum atomic E-state index is 13.0. The predicted molar refractivity (Wildman–Crippen MR) is 89.9 cm³/mol. The fourth-order valence-corrected chi connectivity index (χ4v) is 2.58. The third-order valence-electron chi connectivity index (χ3n) is 3.97. The molecular formula is C18H25F3N2O2. The van der Waals surface area contributed by atoms with Gasteiger partial charge in [-0.25, -0.2) is 0 Å². The zero-order chi connectivity index (χ0) is 18.9. The van der Waals surface area contributed by atoms with Gasteiger partial charge in [-0.05, 0) is 18.6 Å². The van der Waals surface area contributed by atoms with Crippen molar-refractivity contribution in [3.05, 3.63) is 35.4 Å². The number of nitrogens with one attached hydrogen (secondary N) is 1. The molecule has 1 rings (SSSR count). The van der Waals surface area contributed by atoms with Crippen LogP contribution in [0.4, 0.5) is 13.2 Å². The number of alkyl halides is 3. The van der Waals surface area contributed by atoms with Crippen molar-refractivity contribution >= 4 is 11.8 Å². The Hall–Kier alpha value is -2.05. The number of carbonyl (C=O) groups is 2. The SMILES string of the molecule is CCCCCCCC[C@@H](NC(=O)c1ccccc1C(F)(F)F)C(N)=O. The molecule has 0 aliphatic carbocycles. The monoisotopic (exact) mass is 358 g/mol. The molecule has 140 valence electrons. The van der Waals surface area contributed by atoms with Crippen LogP contribution >= 0.6 is 0 Å². The smallest absolute Gasteiger partial charge is 0.368 e. The Bertz CT molecular complexity index is 574. The summed E-state index contributed by atoms with van der Waals surface area (Å²) < 4.78 is 38.9. The summed E-state index contributed by atoms with van der Waals surface area (Å²) in [5.74, 6) is -1.69. The van der Waals surface area contributed by atoms with Crippen LogP contribution in [0.2, 0.25) is 0 Å². The summed E-state index contributed by atoms with van der Waals surface area (Å²) in [6.45, 7) is 2.11. The molecule has 0 aliphatic heterocycles. The number of unbranched alkanes of at least 4 members (excludes halogenated alkanes) is 5. The van der Waals surface area contributed by atoms with Gasteiger partial charge >= 0.3 is 6.18 Å². The minimum absolute atomic E-state index is 0.321. The second-order valence-corrected chi connectivity index (χ2v) is 6.03. The Morgan fingerprint density at radius 3 is 2.28 bits per heavy atom. The van der Waals surface area contributed by atoms with Crippen molar-refractivity contribution in [1.82, 2.24) is 5.32 Å². The van der Waals surface area contributed by atoms with Gasteiger partial charge in [-0.1, -0.05) is 57.6 Å². The van der Waals surface area contributed by atoms with Crippen molar-refractivity contribution in [2.75, 3.05) is 0 Å². The number of carbonyl (C=O) groups excluding carboxylic acids is 2. The summed E-state index contributed by atoms with van der Waals surface area (Å²) in [7, 11) is 0. The number of primary amides is 1. The largest absolute Gasteiger partial charge is 0.417 e. The quantitative estimate of drug-likeness (QED) is 0.620. The van der Waals surface area contributed by atoms with Crippen molar-refractivity contribution in [3.8, 4) is 0 Å². The highest BCUT2D eigenvalue weighted by atomic mass is 19.4. The molecule has 0 aromatic heterocycles. The van der Waals surface area contributed by atoms with E-state index in [2.05, 4.69) is 12.2 Å². The van der Waals surface area contributed by atoms with Gasteiger partial charge in [0.05, 0.1) is 11.1 Å². The van der Waals surface area contributed by atoms with Crippen molar-refractivity contribution in [2.45, 2.75) is 64.1 Å². The lowest BCUT2D eigenvalue weighted by Crippen LogP contribution is -2.44. The van der Waals surface area contributed by atoms with E-state index in [1.807, 2.05) is 0 Å². The van der Waals surface area contributed by atoms with Gasteiger partial charge in [-0.2, -0.15) is 13.2 Å². The van der Waals surface area contributed by atoms with Crippen LogP contribution in [-0.2, 0) is 11.0 Å². The molecule has 7 heteroatoms. The molecule has 0 aliphatic rings. The maximum Gasteiger partial charge on any atom is 0.417 e. The van der Waals surface area contributed by atoms with E-state index in [1.165, 1.54) is 12.1 Å². The van der Waals surface area contributed by atoms with Gasteiger partial charge in [-0.15, -0.1) is 0 Å². The summed E-state index contributed by atoms with van der Waals surface area (Å²) in [5, 5.41) is 2.33. The molecule has 3 N–H and O–H groups in total. The summed E-state index contributed by atoms with van der Waals surface area (Å²) in [4.78, 5) is 23.7. The molecule has 0 radical (unpaired) electrons. The Morgan fingerprint density at radius 1 is 1.08 bits per heavy atom. The molecule has 0 spiro atoms. The van der Waals surface area contributed by atoms with Gasteiger partial charge in [0.2, 0.25) is 5.91 Å². The fourth-order valence-electron chi connectivity index (χ4n) is 2.58. The molecule has 0 bridgehead atoms. The zero-order valence-electron chi connectivity index (χ0n) is 14.4. The molecule has 1 aromatic carbocycles. The Balaban J connectivity index is 2.67. The minimum atomic E-state index is -4.64. The summed E-state index contributed by atoms with van der Waals surface area (Å²) in [6.07, 6.45) is 1.63. The first-order chi connectivity index (χ1) is 11.8. The summed E-state index contributed by atoms with van der Waals surface area (Å²) in [6, 6.07) is 3.50. The Labute approximate surface area is 146 Å². The normalized spacial score (nSPS) is 12.6. The van der Waals surface area contributed by atoms with E-state index in [0.717, 1.165) is 44.2 Å². The molecule has 0 unspecified atom stereocenters. The zero-order valence-corrected chi connectivity index (χ0v) is 14.4. The van der Waals surface area contributed by atoms with Crippen LogP contribution in [-0.4, -0.2) is 17.9 Å². The average molecular weight is 358 g/mol. The molecular weight excluding hydrogens is 333 g/mol. The third kappa shape index (κ3) is 7.15. The van der Waals surface area contributed by atoms with Gasteiger partial charge < -0.3 is 11.1 Å². The van der Waals surface area contributed by atoms with E-state index in [4.69, 9.17) is 5.73 Å². The maximum absolute atomic E-state index is 13.0. The van der Waals surface area contributed by atoms with E-state index in [-0.39, 0.29) is 0 Å². The predicted octanol–water partition coefficient (Wildman–Crippen LogP) is 4.04. The van der Waals surface area contributed by atoms with Crippen molar-refractivity contribution in [2.24, 2.45) is 5.73 Å². The van der Waals surface area contributed by atoms with Gasteiger partial charge in [0, 0.05) is 0 Å². The second kappa shape index (κ2) is 10.1. The molecule has 0 fully saturated rings. The van der Waals surface area contributed by atoms with Crippen LogP contribution in [0.3, 0.4) is 0 Å². The molecule has 0 heterocycles. The van der Waals surface area contributed by atoms with E-state index in [9.17, 15) is 22.8 Å². The van der Waals surface area contributed by atoms with Gasteiger partial charge in [0.25, 0.3) is 5.91 Å². The highest BCUT2D eigenvalue weighted by Gasteiger charge is 2.35. The lowest BCUT2D eigenvalue weighted by atomic mass is 10.0. The molecule has 1 atom stereocenters. The fraction of sp³-hybridized carbons (Fsp3) is 0.556. The molecule has 25 heavy (non-hydrogen) atoms. The minimum Gasteiger partial charge on any atom is -0.368 e. The van der Waals surface area contributed by atoms with Crippen LogP contribution in [0.5, 0.6) is 0 Å². The van der Waals surface area contributed by atoms with E-state index < -0.39 is 35.2 Å². The Kier molecular flexibility index (Phi) is 8.45. The lowest BCUT2D eigenvalue weighted by Gasteiger charge is -2.17. The first-order valence-corrected chi connectivity index (χ1v) is 8.53. The topological polar surface area (TPSA) is 72.2 Å². The lowest BCUT2D eigenvalue weighted by molar-refractivity contribution is -0.137. The molecule has 4 nitrogen and oxygen atoms in total. The Morgan fingerprint density at radius 2 is 1.68 bits per heavy atom. The number of benzene rings is 1. The summed E-state index contributed by atoms with van der Waals surface area (Å²) in [5.41, 5.74) is 3.73. The summed E-state index contributed by atoms with van der Waals surface area (Å²) >= 11 is 0. The van der Waals surface area contributed by atoms with Crippen LogP contribution in [0.15, 0.2) is 24.3 Å². The molecule has 1 aromatic rings. The van der Waals surface area contributed by atoms with Crippen LogP contribution in [0, 0.1) is 0 Å². The van der Waals surface area contributed by atoms with Gasteiger partial charge in [-0.3, -0.25) is 9.59 Å². The van der Waals surface area contributed by atoms with E-state index in [1.54, 1.807) is 0 Å². The molecule has 2 amide bonds. The second-order valence-electron chi connectivity index (χ2n) is 6.03. The number of amides is 2. The van der Waals surface area contributed by atoms with Crippen molar-refractivity contribution in [3.63, 3.8) is 0 Å². The standard InChI is InChI=1S/C18H25F3N2O2/c1-2-3-4-5-6-7-12-15(16(22)24)23-17(25)13-10-8-9-11-14(13)18(19,20)21/h8-11,15H,2-7,12H2,1H3,(H2,22,24)(H,23,25)/t15-/m1/s1. The highest BCUT2D eigenvalue weighted by Crippen LogP contribution is 2.31. The first-order valence-electron chi connectivity index (χ1n) is 8.53. The number of hydrogen-bond acceptors (Lipinski definition) is 2. The van der Waals surface area contributed by atoms with Crippen molar-refractivity contribution in [1.29, 1.82) is 0 Å². The number of nitrogens with two attached hydrogens (primary N) is 1. The average Bonchev–Trinajstić information content (AvgIpc) is 2.55. The molecule has 0 saturated heterocycles. The van der Waals surface area contributed by atoms with Gasteiger partial charge in [0.1, 0.15) is 6.04 Å². The van der Waals surface area contributed by atoms with Crippen LogP contribution < -0.4 is 11.1 Å². The van der Waals surface area contributed by atoms with E-state index >= 15 is 0 Å². The van der Waals surface area contributed by atoms with Crippen molar-refractivity contribution < 1.29 is 22.8 Å². The molecule has 0 saturated carbocycles. The number of halogens is 3. The number of rotatable bonds is 10. The van der Waals surface area contributed by atoms with Crippen LogP contribution in [0.25, 0.3) is 0 Å². The number of hydrogen-bond donors (Lipinski definition) is 2. The van der Waals surface area contributed by atoms with Gasteiger partial charge in [0.15, 0.2) is 0 Å². The third-order valence-corrected chi connectivity index (χ3v) is 3.97.